The molecular weight excluding hydrogens is 400 g/mol. The number of hydrogen-bond donors (Lipinski definition) is 4. The van der Waals surface area contributed by atoms with Gasteiger partial charge in [-0.25, -0.2) is 0 Å². The first-order chi connectivity index (χ1) is 15.5. The van der Waals surface area contributed by atoms with Gasteiger partial charge in [-0.1, -0.05) is 36.4 Å². The molecule has 0 saturated heterocycles. The Balaban J connectivity index is 1.67. The molecule has 6 heteroatoms. The molecule has 6 N–H and O–H groups in total. The van der Waals surface area contributed by atoms with E-state index in [1.165, 1.54) is 0 Å². The van der Waals surface area contributed by atoms with Gasteiger partial charge in [-0.05, 0) is 48.5 Å². The first-order valence-corrected chi connectivity index (χ1v) is 10.1. The Morgan fingerprint density at radius 1 is 0.469 bits per heavy atom. The van der Waals surface area contributed by atoms with Crippen LogP contribution in [0.15, 0.2) is 84.9 Å². The van der Waals surface area contributed by atoms with Gasteiger partial charge >= 0.3 is 0 Å². The molecule has 0 radical (unpaired) electrons. The molecule has 5 rings (SSSR count). The van der Waals surface area contributed by atoms with E-state index in [-0.39, 0.29) is 45.2 Å². The summed E-state index contributed by atoms with van der Waals surface area (Å²) in [7, 11) is 0. The van der Waals surface area contributed by atoms with Crippen molar-refractivity contribution in [1.82, 2.24) is 0 Å². The van der Waals surface area contributed by atoms with Gasteiger partial charge in [0.05, 0.1) is 33.6 Å². The molecule has 1 aliphatic rings. The summed E-state index contributed by atoms with van der Waals surface area (Å²) in [5.41, 5.74) is 16.3. The van der Waals surface area contributed by atoms with Crippen molar-refractivity contribution in [3.8, 4) is 0 Å². The SMILES string of the molecule is Nc1ccc(Nc2ccccc2)c2c1C(=O)c1c(Nc3ccccc3)ccc(N)c1C2=O. The number of rotatable bonds is 4. The molecule has 0 heterocycles. The fourth-order valence-corrected chi connectivity index (χ4v) is 4.01. The molecule has 0 amide bonds. The largest absolute Gasteiger partial charge is 0.398 e. The summed E-state index contributed by atoms with van der Waals surface area (Å²) in [5, 5.41) is 6.46. The Kier molecular flexibility index (Phi) is 4.60. The molecule has 32 heavy (non-hydrogen) atoms. The van der Waals surface area contributed by atoms with E-state index in [1.54, 1.807) is 24.3 Å². The number of nitrogen functional groups attached to an aromatic ring is 2. The first kappa shape index (κ1) is 19.4. The van der Waals surface area contributed by atoms with Gasteiger partial charge in [0, 0.05) is 22.7 Å². The number of nitrogens with one attached hydrogen (secondary N) is 2. The summed E-state index contributed by atoms with van der Waals surface area (Å²) < 4.78 is 0. The maximum Gasteiger partial charge on any atom is 0.198 e. The molecule has 0 fully saturated rings. The molecule has 0 aromatic heterocycles. The molecular formula is C26H20N4O2. The summed E-state index contributed by atoms with van der Waals surface area (Å²) >= 11 is 0. The number of carbonyl (C=O) groups is 2. The van der Waals surface area contributed by atoms with Crippen LogP contribution in [0.4, 0.5) is 34.1 Å². The number of ketones is 2. The Morgan fingerprint density at radius 2 is 0.844 bits per heavy atom. The van der Waals surface area contributed by atoms with E-state index in [0.29, 0.717) is 11.4 Å². The van der Waals surface area contributed by atoms with Gasteiger partial charge in [-0.15, -0.1) is 0 Å². The van der Waals surface area contributed by atoms with E-state index in [9.17, 15) is 9.59 Å². The van der Waals surface area contributed by atoms with Crippen LogP contribution in [0.25, 0.3) is 0 Å². The van der Waals surface area contributed by atoms with Crippen molar-refractivity contribution in [2.24, 2.45) is 0 Å². The van der Waals surface area contributed by atoms with Crippen LogP contribution >= 0.6 is 0 Å². The third-order valence-electron chi connectivity index (χ3n) is 5.49. The van der Waals surface area contributed by atoms with Crippen LogP contribution < -0.4 is 22.1 Å². The molecule has 1 aliphatic carbocycles. The molecule has 4 aromatic carbocycles. The maximum absolute atomic E-state index is 13.7. The van der Waals surface area contributed by atoms with Crippen molar-refractivity contribution < 1.29 is 9.59 Å². The lowest BCUT2D eigenvalue weighted by Gasteiger charge is -2.25. The third kappa shape index (κ3) is 3.15. The normalized spacial score (nSPS) is 12.1. The fourth-order valence-electron chi connectivity index (χ4n) is 4.01. The van der Waals surface area contributed by atoms with E-state index in [1.807, 2.05) is 60.7 Å². The molecule has 156 valence electrons. The summed E-state index contributed by atoms with van der Waals surface area (Å²) in [6, 6.07) is 25.5. The highest BCUT2D eigenvalue weighted by Gasteiger charge is 2.37. The van der Waals surface area contributed by atoms with E-state index >= 15 is 0 Å². The molecule has 4 aromatic rings. The van der Waals surface area contributed by atoms with E-state index < -0.39 is 0 Å². The first-order valence-electron chi connectivity index (χ1n) is 10.1. The lowest BCUT2D eigenvalue weighted by molar-refractivity contribution is 0.0981. The summed E-state index contributed by atoms with van der Waals surface area (Å²) in [6.07, 6.45) is 0. The van der Waals surface area contributed by atoms with Gasteiger partial charge in [0.2, 0.25) is 0 Å². The zero-order chi connectivity index (χ0) is 22.2. The van der Waals surface area contributed by atoms with Crippen molar-refractivity contribution >= 4 is 45.7 Å². The van der Waals surface area contributed by atoms with Crippen LogP contribution in [0.1, 0.15) is 31.8 Å². The maximum atomic E-state index is 13.7. The highest BCUT2D eigenvalue weighted by atomic mass is 16.1. The fraction of sp³-hybridized carbons (Fsp3) is 0. The quantitative estimate of drug-likeness (QED) is 0.301. The van der Waals surface area contributed by atoms with Crippen LogP contribution in [-0.2, 0) is 0 Å². The highest BCUT2D eigenvalue weighted by Crippen LogP contribution is 2.41. The van der Waals surface area contributed by atoms with Gasteiger partial charge in [-0.2, -0.15) is 0 Å². The van der Waals surface area contributed by atoms with Crippen LogP contribution in [0.5, 0.6) is 0 Å². The van der Waals surface area contributed by atoms with Crippen molar-refractivity contribution in [3.05, 3.63) is 107 Å². The van der Waals surface area contributed by atoms with Crippen molar-refractivity contribution in [1.29, 1.82) is 0 Å². The molecule has 0 spiro atoms. The van der Waals surface area contributed by atoms with Gasteiger partial charge in [0.1, 0.15) is 0 Å². The number of carbonyl (C=O) groups excluding carboxylic acids is 2. The number of benzene rings is 4. The van der Waals surface area contributed by atoms with E-state index in [4.69, 9.17) is 11.5 Å². The average Bonchev–Trinajstić information content (AvgIpc) is 2.81. The number of nitrogens with two attached hydrogens (primary N) is 2. The number of hydrogen-bond acceptors (Lipinski definition) is 6. The summed E-state index contributed by atoms with van der Waals surface area (Å²) in [4.78, 5) is 27.4. The van der Waals surface area contributed by atoms with Gasteiger partial charge in [0.15, 0.2) is 11.6 Å². The zero-order valence-corrected chi connectivity index (χ0v) is 17.1. The topological polar surface area (TPSA) is 110 Å². The molecule has 0 bridgehead atoms. The second-order valence-corrected chi connectivity index (χ2v) is 7.54. The Labute approximate surface area is 184 Å². The van der Waals surface area contributed by atoms with E-state index in [2.05, 4.69) is 10.6 Å². The number of fused-ring (bicyclic) bond motifs is 2. The smallest absolute Gasteiger partial charge is 0.198 e. The molecule has 0 aliphatic heterocycles. The minimum Gasteiger partial charge on any atom is -0.398 e. The Bertz CT molecular complexity index is 1260. The van der Waals surface area contributed by atoms with Gasteiger partial charge < -0.3 is 22.1 Å². The predicted molar refractivity (Wildman–Crippen MR) is 128 cm³/mol. The minimum atomic E-state index is -0.338. The monoisotopic (exact) mass is 420 g/mol. The van der Waals surface area contributed by atoms with Gasteiger partial charge in [-0.3, -0.25) is 9.59 Å². The molecule has 6 nitrogen and oxygen atoms in total. The van der Waals surface area contributed by atoms with Crippen molar-refractivity contribution in [3.63, 3.8) is 0 Å². The second kappa shape index (κ2) is 7.59. The summed E-state index contributed by atoms with van der Waals surface area (Å²) in [5.74, 6) is -0.677. The Hall–Kier alpha value is -4.58. The average molecular weight is 420 g/mol. The lowest BCUT2D eigenvalue weighted by Crippen LogP contribution is -2.26. The molecule has 0 unspecified atom stereocenters. The third-order valence-corrected chi connectivity index (χ3v) is 5.49. The van der Waals surface area contributed by atoms with Crippen LogP contribution in [0.2, 0.25) is 0 Å². The van der Waals surface area contributed by atoms with E-state index in [0.717, 1.165) is 11.4 Å². The Morgan fingerprint density at radius 3 is 1.22 bits per heavy atom. The lowest BCUT2D eigenvalue weighted by atomic mass is 9.80. The van der Waals surface area contributed by atoms with Crippen molar-refractivity contribution in [2.45, 2.75) is 0 Å². The molecule has 0 atom stereocenters. The van der Waals surface area contributed by atoms with Crippen LogP contribution in [0, 0.1) is 0 Å². The van der Waals surface area contributed by atoms with Crippen molar-refractivity contribution in [2.75, 3.05) is 22.1 Å². The minimum absolute atomic E-state index is 0.185. The van der Waals surface area contributed by atoms with Crippen LogP contribution in [-0.4, -0.2) is 11.6 Å². The van der Waals surface area contributed by atoms with Crippen LogP contribution in [0.3, 0.4) is 0 Å². The summed E-state index contributed by atoms with van der Waals surface area (Å²) in [6.45, 7) is 0. The van der Waals surface area contributed by atoms with Gasteiger partial charge in [0.25, 0.3) is 0 Å². The second-order valence-electron chi connectivity index (χ2n) is 7.54. The predicted octanol–water partition coefficient (Wildman–Crippen LogP) is 5.11. The zero-order valence-electron chi connectivity index (χ0n) is 17.1. The standard InChI is InChI=1S/C26H20N4O2/c27-17-11-13-19(29-15-7-3-1-4-8-15)23-21(17)26(32)24-20(30-16-9-5-2-6-10-16)14-12-18(28)22(24)25(23)31/h1-14,29-30H,27-28H2. The number of para-hydroxylation sites is 2. The number of anilines is 6. The highest BCUT2D eigenvalue weighted by molar-refractivity contribution is 6.35. The molecule has 0 saturated carbocycles.